The van der Waals surface area contributed by atoms with E-state index in [1.807, 2.05) is 58.9 Å². The van der Waals surface area contributed by atoms with Crippen molar-refractivity contribution in [1.29, 1.82) is 0 Å². The maximum absolute atomic E-state index is 12.5. The third-order valence-electron chi connectivity index (χ3n) is 3.14. The van der Waals surface area contributed by atoms with Gasteiger partial charge in [-0.25, -0.2) is 9.36 Å². The minimum Gasteiger partial charge on any atom is -0.443 e. The van der Waals surface area contributed by atoms with Gasteiger partial charge in [-0.1, -0.05) is 31.2 Å². The summed E-state index contributed by atoms with van der Waals surface area (Å²) in [6.07, 6.45) is 1.59. The number of benzene rings is 1. The minimum absolute atomic E-state index is 0. The molecule has 0 aliphatic rings. The van der Waals surface area contributed by atoms with Crippen LogP contribution in [0.15, 0.2) is 29.8 Å². The van der Waals surface area contributed by atoms with Gasteiger partial charge in [0.05, 0.1) is 17.8 Å². The average Bonchev–Trinajstić information content (AvgIpc) is 2.75. The molecule has 2 aromatic rings. The molecule has 0 saturated heterocycles. The number of aliphatic hydroxyl groups excluding tert-OH is 1. The number of ether oxygens (including phenoxy) is 1. The molecule has 0 aliphatic heterocycles. The topological polar surface area (TPSA) is 51.5 Å². The van der Waals surface area contributed by atoms with E-state index in [9.17, 15) is 9.90 Å². The normalized spacial score (nSPS) is 11.0. The molecule has 1 heterocycles. The van der Waals surface area contributed by atoms with E-state index in [2.05, 4.69) is 6.08 Å². The lowest BCUT2D eigenvalue weighted by Gasteiger charge is -2.20. The van der Waals surface area contributed by atoms with E-state index in [1.54, 1.807) is 0 Å². The van der Waals surface area contributed by atoms with Crippen LogP contribution in [0.3, 0.4) is 0 Å². The van der Waals surface area contributed by atoms with Crippen molar-refractivity contribution in [1.82, 2.24) is 4.57 Å². The van der Waals surface area contributed by atoms with Gasteiger partial charge in [0.1, 0.15) is 5.60 Å². The first-order valence-electron chi connectivity index (χ1n) is 7.35. The summed E-state index contributed by atoms with van der Waals surface area (Å²) in [6, 6.07) is 7.60. The van der Waals surface area contributed by atoms with Crippen molar-refractivity contribution in [2.45, 2.75) is 54.3 Å². The molecule has 0 unspecified atom stereocenters. The Morgan fingerprint density at radius 1 is 1.30 bits per heavy atom. The Morgan fingerprint density at radius 2 is 1.96 bits per heavy atom. The molecule has 0 atom stereocenters. The molecular formula is C19H27NO3. The van der Waals surface area contributed by atoms with Gasteiger partial charge in [-0.3, -0.25) is 0 Å². The Bertz CT molecular complexity index is 729. The highest BCUT2D eigenvalue weighted by molar-refractivity contribution is 5.96. The number of hydrogen-bond donors (Lipinski definition) is 1. The fourth-order valence-corrected chi connectivity index (χ4v) is 2.38. The number of carbonyl (C=O) groups is 1. The van der Waals surface area contributed by atoms with Gasteiger partial charge in [0.15, 0.2) is 0 Å². The lowest BCUT2D eigenvalue weighted by Crippen LogP contribution is -2.28. The van der Waals surface area contributed by atoms with Gasteiger partial charge in [0.25, 0.3) is 0 Å². The van der Waals surface area contributed by atoms with E-state index in [0.717, 1.165) is 16.5 Å². The summed E-state index contributed by atoms with van der Waals surface area (Å²) in [6.45, 7) is 9.30. The highest BCUT2D eigenvalue weighted by Gasteiger charge is 2.22. The van der Waals surface area contributed by atoms with Crippen LogP contribution in [0.5, 0.6) is 0 Å². The predicted octanol–water partition coefficient (Wildman–Crippen LogP) is 4.98. The Kier molecular flexibility index (Phi) is 5.78. The van der Waals surface area contributed by atoms with E-state index in [4.69, 9.17) is 4.74 Å². The summed E-state index contributed by atoms with van der Waals surface area (Å²) in [5.41, 5.74) is 2.88. The zero-order valence-corrected chi connectivity index (χ0v) is 13.8. The smallest absolute Gasteiger partial charge is 0.419 e. The van der Waals surface area contributed by atoms with Crippen molar-refractivity contribution >= 4 is 23.1 Å². The van der Waals surface area contributed by atoms with Crippen LogP contribution in [0.25, 0.3) is 17.0 Å². The van der Waals surface area contributed by atoms with Crippen molar-refractivity contribution in [3.8, 4) is 0 Å². The number of nitrogens with zero attached hydrogens (tertiary/aromatic N) is 1. The summed E-state index contributed by atoms with van der Waals surface area (Å²) in [5, 5.41) is 10.5. The Morgan fingerprint density at radius 3 is 2.48 bits per heavy atom. The number of aromatic nitrogens is 1. The molecule has 2 rings (SSSR count). The first kappa shape index (κ1) is 19.0. The number of carbonyl (C=O) groups excluding carboxylic acids is 1. The van der Waals surface area contributed by atoms with Gasteiger partial charge in [-0.05, 0) is 52.3 Å². The van der Waals surface area contributed by atoms with Crippen LogP contribution >= 0.6 is 0 Å². The van der Waals surface area contributed by atoms with Crippen molar-refractivity contribution in [2.24, 2.45) is 0 Å². The average molecular weight is 317 g/mol. The van der Waals surface area contributed by atoms with E-state index in [1.165, 1.54) is 10.1 Å². The first-order valence-corrected chi connectivity index (χ1v) is 7.35. The van der Waals surface area contributed by atoms with Crippen molar-refractivity contribution in [3.63, 3.8) is 0 Å². The van der Waals surface area contributed by atoms with Crippen LogP contribution in [0.2, 0.25) is 0 Å². The summed E-state index contributed by atoms with van der Waals surface area (Å²) in [5.74, 6) is 0. The summed E-state index contributed by atoms with van der Waals surface area (Å²) in [7, 11) is 0. The van der Waals surface area contributed by atoms with Crippen LogP contribution in [-0.2, 0) is 11.3 Å². The van der Waals surface area contributed by atoms with E-state index < -0.39 is 11.7 Å². The van der Waals surface area contributed by atoms with E-state index in [-0.39, 0.29) is 14.0 Å². The quantitative estimate of drug-likeness (QED) is 0.850. The summed E-state index contributed by atoms with van der Waals surface area (Å²) in [4.78, 5) is 12.5. The number of aliphatic hydroxyl groups is 1. The fourth-order valence-electron chi connectivity index (χ4n) is 2.38. The zero-order chi connectivity index (χ0) is 16.5. The van der Waals surface area contributed by atoms with Gasteiger partial charge in [0.2, 0.25) is 0 Å². The molecule has 1 aromatic heterocycles. The molecule has 126 valence electrons. The van der Waals surface area contributed by atoms with Crippen molar-refractivity contribution < 1.29 is 14.6 Å². The molecular weight excluding hydrogens is 290 g/mol. The molecule has 1 N–H and O–H groups in total. The number of rotatable bonds is 2. The fraction of sp³-hybridized carbons (Fsp3) is 0.421. The Labute approximate surface area is 138 Å². The molecule has 1 aromatic carbocycles. The molecule has 0 fully saturated rings. The molecule has 4 nitrogen and oxygen atoms in total. The summed E-state index contributed by atoms with van der Waals surface area (Å²) < 4.78 is 6.90. The SMILES string of the molecule is C.CC(C)=Cc1cccc2c1cc(CO)n2C(=O)OC(C)(C)C. The second-order valence-electron chi connectivity index (χ2n) is 6.61. The Balaban J connectivity index is 0.00000264. The third-order valence-corrected chi connectivity index (χ3v) is 3.14. The highest BCUT2D eigenvalue weighted by atomic mass is 16.6. The van der Waals surface area contributed by atoms with Crippen molar-refractivity contribution in [3.05, 3.63) is 41.1 Å². The van der Waals surface area contributed by atoms with E-state index >= 15 is 0 Å². The maximum atomic E-state index is 12.5. The minimum atomic E-state index is -0.585. The largest absolute Gasteiger partial charge is 0.443 e. The molecule has 4 heteroatoms. The molecule has 23 heavy (non-hydrogen) atoms. The number of fused-ring (bicyclic) bond motifs is 1. The van der Waals surface area contributed by atoms with Crippen LogP contribution in [-0.4, -0.2) is 21.4 Å². The van der Waals surface area contributed by atoms with Gasteiger partial charge < -0.3 is 9.84 Å². The van der Waals surface area contributed by atoms with Crippen LogP contribution < -0.4 is 0 Å². The monoisotopic (exact) mass is 317 g/mol. The van der Waals surface area contributed by atoms with Gasteiger partial charge >= 0.3 is 6.09 Å². The van der Waals surface area contributed by atoms with Gasteiger partial charge in [0, 0.05) is 5.39 Å². The Hall–Kier alpha value is -2.07. The summed E-state index contributed by atoms with van der Waals surface area (Å²) >= 11 is 0. The van der Waals surface area contributed by atoms with Gasteiger partial charge in [-0.15, -0.1) is 0 Å². The third kappa shape index (κ3) is 4.23. The molecule has 0 aliphatic carbocycles. The van der Waals surface area contributed by atoms with Crippen LogP contribution in [0, 0.1) is 0 Å². The molecule has 0 radical (unpaired) electrons. The maximum Gasteiger partial charge on any atom is 0.419 e. The van der Waals surface area contributed by atoms with Crippen molar-refractivity contribution in [2.75, 3.05) is 0 Å². The first-order chi connectivity index (χ1) is 10.2. The molecule has 0 saturated carbocycles. The van der Waals surface area contributed by atoms with Crippen LogP contribution in [0.1, 0.15) is 53.3 Å². The molecule has 0 spiro atoms. The zero-order valence-electron chi connectivity index (χ0n) is 13.8. The number of allylic oxidation sites excluding steroid dienone is 1. The van der Waals surface area contributed by atoms with Crippen LogP contribution in [0.4, 0.5) is 4.79 Å². The second kappa shape index (κ2) is 7.01. The lowest BCUT2D eigenvalue weighted by atomic mass is 10.1. The second-order valence-corrected chi connectivity index (χ2v) is 6.61. The van der Waals surface area contributed by atoms with Gasteiger partial charge in [-0.2, -0.15) is 0 Å². The lowest BCUT2D eigenvalue weighted by molar-refractivity contribution is 0.0533. The molecule has 0 bridgehead atoms. The molecule has 0 amide bonds. The standard InChI is InChI=1S/C18H23NO3.CH4/c1-12(2)9-13-7-6-8-16-15(13)10-14(11-20)19(16)17(21)22-18(3,4)5;/h6-10,20H,11H2,1-5H3;1H4. The highest BCUT2D eigenvalue weighted by Crippen LogP contribution is 2.26. The van der Waals surface area contributed by atoms with E-state index in [0.29, 0.717) is 5.69 Å². The predicted molar refractivity (Wildman–Crippen MR) is 95.5 cm³/mol. The number of hydrogen-bond acceptors (Lipinski definition) is 3.